The number of hydrazone groups is 1. The third kappa shape index (κ3) is 3.16. The predicted molar refractivity (Wildman–Crippen MR) is 143 cm³/mol. The molecule has 6 rings (SSSR count). The minimum Gasteiger partial charge on any atom is -0.497 e. The number of β-lactam (4-membered cyclic amide) rings is 1. The van der Waals surface area contributed by atoms with Gasteiger partial charge in [0.05, 0.1) is 24.6 Å². The zero-order valence-electron chi connectivity index (χ0n) is 20.3. The molecule has 36 heavy (non-hydrogen) atoms. The van der Waals surface area contributed by atoms with E-state index in [9.17, 15) is 4.79 Å². The van der Waals surface area contributed by atoms with Gasteiger partial charge in [0, 0.05) is 11.6 Å². The fourth-order valence-corrected chi connectivity index (χ4v) is 5.66. The van der Waals surface area contributed by atoms with Crippen LogP contribution in [0.25, 0.3) is 0 Å². The van der Waals surface area contributed by atoms with Crippen LogP contribution in [0, 0.1) is 5.92 Å². The monoisotopic (exact) mass is 473 g/mol. The van der Waals surface area contributed by atoms with Gasteiger partial charge in [-0.3, -0.25) is 9.69 Å². The van der Waals surface area contributed by atoms with Gasteiger partial charge in [-0.05, 0) is 47.5 Å². The Morgan fingerprint density at radius 1 is 0.750 bits per heavy atom. The molecule has 1 fully saturated rings. The first kappa shape index (κ1) is 22.1. The Morgan fingerprint density at radius 2 is 1.33 bits per heavy atom. The number of carbonyl (C=O) groups is 1. The third-order valence-corrected chi connectivity index (χ3v) is 7.40. The summed E-state index contributed by atoms with van der Waals surface area (Å²) in [5.41, 5.74) is 3.87. The van der Waals surface area contributed by atoms with Crippen LogP contribution in [0.3, 0.4) is 0 Å². The van der Waals surface area contributed by atoms with Gasteiger partial charge in [0.15, 0.2) is 5.54 Å². The minimum absolute atomic E-state index is 0.0348. The zero-order chi connectivity index (χ0) is 24.7. The van der Waals surface area contributed by atoms with Crippen molar-refractivity contribution in [3.63, 3.8) is 0 Å². The maximum Gasteiger partial charge on any atom is 0.258 e. The second kappa shape index (κ2) is 8.68. The number of para-hydroxylation sites is 1. The summed E-state index contributed by atoms with van der Waals surface area (Å²) >= 11 is 0. The predicted octanol–water partition coefficient (Wildman–Crippen LogP) is 6.08. The number of benzene rings is 4. The molecule has 4 aromatic rings. The van der Waals surface area contributed by atoms with E-state index in [1.807, 2.05) is 101 Å². The van der Waals surface area contributed by atoms with Gasteiger partial charge in [-0.1, -0.05) is 85.8 Å². The summed E-state index contributed by atoms with van der Waals surface area (Å²) in [5.74, 6) is 0.646. The number of hydrogen-bond donors (Lipinski definition) is 0. The second-order valence-corrected chi connectivity index (χ2v) is 9.23. The molecular weight excluding hydrogens is 446 g/mol. The van der Waals surface area contributed by atoms with Crippen molar-refractivity contribution in [1.82, 2.24) is 0 Å². The highest BCUT2D eigenvalue weighted by Gasteiger charge is 2.71. The van der Waals surface area contributed by atoms with Crippen LogP contribution < -0.4 is 14.6 Å². The van der Waals surface area contributed by atoms with E-state index in [0.29, 0.717) is 0 Å². The number of nitrogens with zero attached hydrogens (tertiary/aromatic N) is 3. The maximum atomic E-state index is 14.5. The maximum absolute atomic E-state index is 14.5. The van der Waals surface area contributed by atoms with Gasteiger partial charge in [-0.15, -0.1) is 0 Å². The Hall–Kier alpha value is -4.38. The average molecular weight is 474 g/mol. The standard InChI is InChI=1S/C31H27N3O2/c1-22-28(23-12-6-3-7-13-23)32-34(26-16-10-5-11-17-26)31(22)29(24-14-8-4-9-15-24)33(30(31)35)25-18-20-27(36-2)21-19-25/h3-22,29H,1-2H3/t22?,29-,31-/m1/s1. The Morgan fingerprint density at radius 3 is 1.94 bits per heavy atom. The molecule has 3 atom stereocenters. The van der Waals surface area contributed by atoms with E-state index < -0.39 is 5.54 Å². The quantitative estimate of drug-likeness (QED) is 0.330. The van der Waals surface area contributed by atoms with Crippen LogP contribution in [0.1, 0.15) is 24.1 Å². The number of methoxy groups -OCH3 is 1. The number of rotatable bonds is 5. The fraction of sp³-hybridized carbons (Fsp3) is 0.161. The number of hydrogen-bond acceptors (Lipinski definition) is 4. The first-order valence-electron chi connectivity index (χ1n) is 12.2. The van der Waals surface area contributed by atoms with Crippen LogP contribution in [0.2, 0.25) is 0 Å². The van der Waals surface area contributed by atoms with Crippen LogP contribution in [0.15, 0.2) is 120 Å². The van der Waals surface area contributed by atoms with E-state index in [0.717, 1.165) is 34.0 Å². The lowest BCUT2D eigenvalue weighted by Crippen LogP contribution is -2.76. The summed E-state index contributed by atoms with van der Waals surface area (Å²) < 4.78 is 5.36. The molecule has 0 N–H and O–H groups in total. The minimum atomic E-state index is -0.895. The van der Waals surface area contributed by atoms with Crippen molar-refractivity contribution in [1.29, 1.82) is 0 Å². The van der Waals surface area contributed by atoms with E-state index in [2.05, 4.69) is 31.2 Å². The molecule has 178 valence electrons. The smallest absolute Gasteiger partial charge is 0.258 e. The van der Waals surface area contributed by atoms with Crippen LogP contribution in [0.4, 0.5) is 11.4 Å². The van der Waals surface area contributed by atoms with Crippen molar-refractivity contribution >= 4 is 23.0 Å². The summed E-state index contributed by atoms with van der Waals surface area (Å²) in [7, 11) is 1.64. The van der Waals surface area contributed by atoms with Gasteiger partial charge < -0.3 is 4.74 Å². The van der Waals surface area contributed by atoms with Crippen molar-refractivity contribution in [2.45, 2.75) is 18.5 Å². The second-order valence-electron chi connectivity index (χ2n) is 9.23. The lowest BCUT2D eigenvalue weighted by molar-refractivity contribution is -0.133. The van der Waals surface area contributed by atoms with Gasteiger partial charge in [0.25, 0.3) is 5.91 Å². The van der Waals surface area contributed by atoms with Crippen LogP contribution >= 0.6 is 0 Å². The molecule has 0 aliphatic carbocycles. The molecule has 1 saturated heterocycles. The normalized spacial score (nSPS) is 22.9. The fourth-order valence-electron chi connectivity index (χ4n) is 5.66. The summed E-state index contributed by atoms with van der Waals surface area (Å²) in [6, 6.07) is 37.9. The number of amides is 1. The molecule has 0 aromatic heterocycles. The lowest BCUT2D eigenvalue weighted by Gasteiger charge is -2.59. The van der Waals surface area contributed by atoms with Gasteiger partial charge >= 0.3 is 0 Å². The SMILES string of the molecule is COc1ccc(N2C(=O)[C@@]3(C(C)C(c4ccccc4)=NN3c3ccccc3)[C@H]2c2ccccc2)cc1. The first-order chi connectivity index (χ1) is 17.7. The lowest BCUT2D eigenvalue weighted by atomic mass is 9.65. The molecule has 2 heterocycles. The van der Waals surface area contributed by atoms with Crippen molar-refractivity contribution in [3.05, 3.63) is 126 Å². The summed E-state index contributed by atoms with van der Waals surface area (Å²) in [5, 5.41) is 7.12. The Kier molecular flexibility index (Phi) is 5.33. The van der Waals surface area contributed by atoms with Crippen molar-refractivity contribution in [3.8, 4) is 5.75 Å². The van der Waals surface area contributed by atoms with Crippen molar-refractivity contribution < 1.29 is 9.53 Å². The molecule has 5 heteroatoms. The Labute approximate surface area is 211 Å². The van der Waals surface area contributed by atoms with Crippen molar-refractivity contribution in [2.24, 2.45) is 11.0 Å². The summed E-state index contributed by atoms with van der Waals surface area (Å²) in [4.78, 5) is 16.4. The molecule has 0 saturated carbocycles. The molecule has 0 radical (unpaired) electrons. The number of carbonyl (C=O) groups excluding carboxylic acids is 1. The largest absolute Gasteiger partial charge is 0.497 e. The van der Waals surface area contributed by atoms with E-state index >= 15 is 0 Å². The molecule has 2 aliphatic heterocycles. The third-order valence-electron chi connectivity index (χ3n) is 7.40. The molecule has 1 amide bonds. The number of ether oxygens (including phenoxy) is 1. The highest BCUT2D eigenvalue weighted by Crippen LogP contribution is 2.57. The average Bonchev–Trinajstić information content (AvgIpc) is 3.27. The van der Waals surface area contributed by atoms with Gasteiger partial charge in [0.2, 0.25) is 0 Å². The topological polar surface area (TPSA) is 45.1 Å². The van der Waals surface area contributed by atoms with Crippen molar-refractivity contribution in [2.75, 3.05) is 17.0 Å². The Bertz CT molecular complexity index is 1400. The molecule has 2 aliphatic rings. The Balaban J connectivity index is 1.54. The molecule has 5 nitrogen and oxygen atoms in total. The van der Waals surface area contributed by atoms with Crippen LogP contribution in [-0.4, -0.2) is 24.3 Å². The summed E-state index contributed by atoms with van der Waals surface area (Å²) in [6.07, 6.45) is 0. The molecule has 1 spiro atoms. The number of anilines is 2. The van der Waals surface area contributed by atoms with Gasteiger partial charge in [-0.2, -0.15) is 5.10 Å². The molecule has 0 bridgehead atoms. The van der Waals surface area contributed by atoms with Crippen LogP contribution in [0.5, 0.6) is 5.75 Å². The van der Waals surface area contributed by atoms with E-state index in [1.54, 1.807) is 7.11 Å². The van der Waals surface area contributed by atoms with E-state index in [4.69, 9.17) is 9.84 Å². The van der Waals surface area contributed by atoms with E-state index in [-0.39, 0.29) is 17.9 Å². The van der Waals surface area contributed by atoms with Gasteiger partial charge in [-0.25, -0.2) is 5.01 Å². The molecule has 1 unspecified atom stereocenters. The zero-order valence-corrected chi connectivity index (χ0v) is 20.3. The van der Waals surface area contributed by atoms with Crippen LogP contribution in [-0.2, 0) is 4.79 Å². The first-order valence-corrected chi connectivity index (χ1v) is 12.2. The summed E-state index contributed by atoms with van der Waals surface area (Å²) in [6.45, 7) is 2.13. The highest BCUT2D eigenvalue weighted by molar-refractivity contribution is 6.19. The molecular formula is C31H27N3O2. The van der Waals surface area contributed by atoms with Gasteiger partial charge in [0.1, 0.15) is 5.75 Å². The molecule has 4 aromatic carbocycles. The highest BCUT2D eigenvalue weighted by atomic mass is 16.5. The van der Waals surface area contributed by atoms with E-state index in [1.165, 1.54) is 0 Å².